The molecule has 0 fully saturated rings. The van der Waals surface area contributed by atoms with Gasteiger partial charge >= 0.3 is 5.97 Å². The third-order valence-corrected chi connectivity index (χ3v) is 5.71. The van der Waals surface area contributed by atoms with Gasteiger partial charge in [0.05, 0.1) is 0 Å². The number of rotatable bonds is 8. The van der Waals surface area contributed by atoms with Crippen LogP contribution in [0.5, 0.6) is 5.75 Å². The summed E-state index contributed by atoms with van der Waals surface area (Å²) in [5.41, 5.74) is 3.13. The van der Waals surface area contributed by atoms with Crippen molar-refractivity contribution in [3.63, 3.8) is 0 Å². The molecule has 30 heavy (non-hydrogen) atoms. The quantitative estimate of drug-likeness (QED) is 0.347. The summed E-state index contributed by atoms with van der Waals surface area (Å²) in [6.45, 7) is 10.7. The predicted octanol–water partition coefficient (Wildman–Crippen LogP) is 7.09. The summed E-state index contributed by atoms with van der Waals surface area (Å²) in [5.74, 6) is 1.75. The molecule has 0 saturated heterocycles. The number of hydrogen-bond acceptors (Lipinski definition) is 3. The lowest BCUT2D eigenvalue weighted by Gasteiger charge is -2.22. The standard InChI is InChI=1S/C27H34O3/c1-6-7-12-21-17-24(20-13-9-8-10-14-20)29-25(21)27(28)30-26-22(18(2)3)15-11-16-23(26)19(4)5/h8-11,13-19,21,25H,6-7,12H2,1-5H3/t21-,25-/m1/s1. The highest BCUT2D eigenvalue weighted by Gasteiger charge is 2.37. The fourth-order valence-electron chi connectivity index (χ4n) is 3.97. The van der Waals surface area contributed by atoms with E-state index in [-0.39, 0.29) is 23.7 Å². The first-order valence-electron chi connectivity index (χ1n) is 11.2. The van der Waals surface area contributed by atoms with Crippen LogP contribution in [0.3, 0.4) is 0 Å². The average molecular weight is 407 g/mol. The average Bonchev–Trinajstić information content (AvgIpc) is 3.17. The third kappa shape index (κ3) is 4.95. The third-order valence-electron chi connectivity index (χ3n) is 5.71. The molecule has 0 N–H and O–H groups in total. The normalized spacial score (nSPS) is 18.4. The molecule has 1 heterocycles. The number of ether oxygens (including phenoxy) is 2. The van der Waals surface area contributed by atoms with Crippen LogP contribution in [-0.2, 0) is 9.53 Å². The second-order valence-electron chi connectivity index (χ2n) is 8.74. The molecule has 0 aliphatic carbocycles. The topological polar surface area (TPSA) is 35.5 Å². The Labute approximate surface area is 181 Å². The maximum absolute atomic E-state index is 13.3. The largest absolute Gasteiger partial charge is 0.478 e. The summed E-state index contributed by atoms with van der Waals surface area (Å²) in [5, 5.41) is 0. The SMILES string of the molecule is CCCC[C@@H]1C=C(c2ccccc2)O[C@H]1C(=O)Oc1c(C(C)C)cccc1C(C)C. The van der Waals surface area contributed by atoms with Crippen LogP contribution in [0.2, 0.25) is 0 Å². The van der Waals surface area contributed by atoms with Gasteiger partial charge in [-0.15, -0.1) is 0 Å². The first-order valence-corrected chi connectivity index (χ1v) is 11.2. The molecule has 0 spiro atoms. The zero-order chi connectivity index (χ0) is 21.7. The second-order valence-corrected chi connectivity index (χ2v) is 8.74. The van der Waals surface area contributed by atoms with E-state index in [1.807, 2.05) is 36.4 Å². The minimum atomic E-state index is -0.605. The zero-order valence-electron chi connectivity index (χ0n) is 18.9. The molecule has 3 rings (SSSR count). The van der Waals surface area contributed by atoms with Gasteiger partial charge in [-0.3, -0.25) is 0 Å². The van der Waals surface area contributed by atoms with Gasteiger partial charge in [0.25, 0.3) is 0 Å². The summed E-state index contributed by atoms with van der Waals surface area (Å²) >= 11 is 0. The van der Waals surface area contributed by atoms with Gasteiger partial charge in [-0.25, -0.2) is 4.79 Å². The Bertz CT molecular complexity index is 854. The lowest BCUT2D eigenvalue weighted by molar-refractivity contribution is -0.144. The van der Waals surface area contributed by atoms with Gasteiger partial charge in [0.15, 0.2) is 0 Å². The van der Waals surface area contributed by atoms with Crippen molar-refractivity contribution in [3.8, 4) is 5.75 Å². The van der Waals surface area contributed by atoms with Gasteiger partial charge in [-0.05, 0) is 35.5 Å². The molecule has 0 unspecified atom stereocenters. The van der Waals surface area contributed by atoms with E-state index in [1.165, 1.54) is 0 Å². The molecule has 160 valence electrons. The molecule has 0 amide bonds. The molecule has 3 heteroatoms. The van der Waals surface area contributed by atoms with Crippen LogP contribution < -0.4 is 4.74 Å². The molecule has 1 aliphatic rings. The molecule has 2 atom stereocenters. The van der Waals surface area contributed by atoms with Gasteiger partial charge in [0.2, 0.25) is 6.10 Å². The number of unbranched alkanes of at least 4 members (excludes halogenated alkanes) is 1. The molecule has 0 radical (unpaired) electrons. The van der Waals surface area contributed by atoms with Gasteiger partial charge < -0.3 is 9.47 Å². The Morgan fingerprint density at radius 3 is 2.17 bits per heavy atom. The fourth-order valence-corrected chi connectivity index (χ4v) is 3.97. The van der Waals surface area contributed by atoms with E-state index in [2.05, 4.69) is 52.8 Å². The highest BCUT2D eigenvalue weighted by atomic mass is 16.6. The van der Waals surface area contributed by atoms with E-state index in [1.54, 1.807) is 0 Å². The Kier molecular flexibility index (Phi) is 7.36. The minimum absolute atomic E-state index is 0.0290. The Morgan fingerprint density at radius 1 is 0.967 bits per heavy atom. The van der Waals surface area contributed by atoms with Crippen molar-refractivity contribution in [2.75, 3.05) is 0 Å². The molecular weight excluding hydrogens is 372 g/mol. The van der Waals surface area contributed by atoms with Crippen molar-refractivity contribution in [3.05, 3.63) is 71.3 Å². The van der Waals surface area contributed by atoms with Crippen molar-refractivity contribution < 1.29 is 14.3 Å². The van der Waals surface area contributed by atoms with Crippen molar-refractivity contribution >= 4 is 11.7 Å². The van der Waals surface area contributed by atoms with E-state index in [9.17, 15) is 4.79 Å². The minimum Gasteiger partial charge on any atom is -0.478 e. The van der Waals surface area contributed by atoms with Crippen molar-refractivity contribution in [2.45, 2.75) is 71.8 Å². The number of carbonyl (C=O) groups is 1. The lowest BCUT2D eigenvalue weighted by atomic mass is 9.93. The van der Waals surface area contributed by atoms with E-state index in [0.717, 1.165) is 41.7 Å². The summed E-state index contributed by atoms with van der Waals surface area (Å²) in [6, 6.07) is 16.1. The highest BCUT2D eigenvalue weighted by Crippen LogP contribution is 2.38. The van der Waals surface area contributed by atoms with Crippen LogP contribution in [0, 0.1) is 5.92 Å². The number of esters is 1. The number of carbonyl (C=O) groups excluding carboxylic acids is 1. The summed E-state index contributed by atoms with van der Waals surface area (Å²) in [6.07, 6.45) is 4.55. The second kappa shape index (κ2) is 9.97. The summed E-state index contributed by atoms with van der Waals surface area (Å²) < 4.78 is 12.3. The van der Waals surface area contributed by atoms with Crippen LogP contribution in [0.25, 0.3) is 5.76 Å². The summed E-state index contributed by atoms with van der Waals surface area (Å²) in [7, 11) is 0. The Morgan fingerprint density at radius 2 is 1.60 bits per heavy atom. The van der Waals surface area contributed by atoms with Crippen LogP contribution >= 0.6 is 0 Å². The van der Waals surface area contributed by atoms with Crippen molar-refractivity contribution in [1.29, 1.82) is 0 Å². The Hall–Kier alpha value is -2.55. The predicted molar refractivity (Wildman–Crippen MR) is 123 cm³/mol. The lowest BCUT2D eigenvalue weighted by Crippen LogP contribution is -2.32. The molecule has 2 aromatic rings. The number of benzene rings is 2. The van der Waals surface area contributed by atoms with Gasteiger partial charge in [0.1, 0.15) is 11.5 Å². The van der Waals surface area contributed by atoms with E-state index < -0.39 is 6.10 Å². The number of hydrogen-bond donors (Lipinski definition) is 0. The van der Waals surface area contributed by atoms with Crippen molar-refractivity contribution in [1.82, 2.24) is 0 Å². The maximum Gasteiger partial charge on any atom is 0.353 e. The number of para-hydroxylation sites is 1. The van der Waals surface area contributed by atoms with Crippen LogP contribution in [0.15, 0.2) is 54.6 Å². The van der Waals surface area contributed by atoms with E-state index in [0.29, 0.717) is 5.75 Å². The van der Waals surface area contributed by atoms with Gasteiger partial charge in [0, 0.05) is 11.5 Å². The van der Waals surface area contributed by atoms with Gasteiger partial charge in [-0.1, -0.05) is 96.0 Å². The molecule has 3 nitrogen and oxygen atoms in total. The van der Waals surface area contributed by atoms with E-state index >= 15 is 0 Å². The fraction of sp³-hybridized carbons (Fsp3) is 0.444. The smallest absolute Gasteiger partial charge is 0.353 e. The molecule has 2 aromatic carbocycles. The van der Waals surface area contributed by atoms with E-state index in [4.69, 9.17) is 9.47 Å². The maximum atomic E-state index is 13.3. The van der Waals surface area contributed by atoms with Crippen LogP contribution in [0.1, 0.15) is 82.4 Å². The van der Waals surface area contributed by atoms with Gasteiger partial charge in [-0.2, -0.15) is 0 Å². The zero-order valence-corrected chi connectivity index (χ0v) is 18.9. The molecule has 0 aromatic heterocycles. The monoisotopic (exact) mass is 406 g/mol. The molecule has 1 aliphatic heterocycles. The first kappa shape index (κ1) is 22.1. The van der Waals surface area contributed by atoms with Crippen LogP contribution in [0.4, 0.5) is 0 Å². The van der Waals surface area contributed by atoms with Crippen LogP contribution in [-0.4, -0.2) is 12.1 Å². The van der Waals surface area contributed by atoms with Crippen molar-refractivity contribution in [2.24, 2.45) is 5.92 Å². The first-order chi connectivity index (χ1) is 14.4. The molecular formula is C27H34O3. The Balaban J connectivity index is 1.87. The summed E-state index contributed by atoms with van der Waals surface area (Å²) in [4.78, 5) is 13.3. The highest BCUT2D eigenvalue weighted by molar-refractivity contribution is 5.82. The molecule has 0 saturated carbocycles. The molecule has 0 bridgehead atoms.